The van der Waals surface area contributed by atoms with Crippen LogP contribution in [0.15, 0.2) is 41.6 Å². The van der Waals surface area contributed by atoms with Gasteiger partial charge in [-0.25, -0.2) is 4.98 Å². The SMILES string of the molecule is CSc1ccccc1C(O)CCc1nccn1C. The third kappa shape index (κ3) is 2.94. The number of aryl methyl sites for hydroxylation is 2. The lowest BCUT2D eigenvalue weighted by Gasteiger charge is -2.14. The lowest BCUT2D eigenvalue weighted by Crippen LogP contribution is -2.04. The van der Waals surface area contributed by atoms with Crippen molar-refractivity contribution in [1.82, 2.24) is 9.55 Å². The number of benzene rings is 1. The number of aliphatic hydroxyl groups excluding tert-OH is 1. The van der Waals surface area contributed by atoms with E-state index in [0.717, 1.165) is 22.7 Å². The van der Waals surface area contributed by atoms with Gasteiger partial charge in [0.15, 0.2) is 0 Å². The molecular weight excluding hydrogens is 244 g/mol. The van der Waals surface area contributed by atoms with E-state index in [0.29, 0.717) is 6.42 Å². The van der Waals surface area contributed by atoms with E-state index in [4.69, 9.17) is 0 Å². The lowest BCUT2D eigenvalue weighted by atomic mass is 10.0. The van der Waals surface area contributed by atoms with Crippen LogP contribution in [0.1, 0.15) is 23.9 Å². The van der Waals surface area contributed by atoms with Crippen LogP contribution in [0.2, 0.25) is 0 Å². The van der Waals surface area contributed by atoms with Gasteiger partial charge in [-0.2, -0.15) is 0 Å². The Labute approximate surface area is 112 Å². The molecule has 1 heterocycles. The first kappa shape index (κ1) is 13.2. The molecule has 0 aliphatic rings. The van der Waals surface area contributed by atoms with Crippen molar-refractivity contribution in [2.24, 2.45) is 7.05 Å². The van der Waals surface area contributed by atoms with Gasteiger partial charge in [0.1, 0.15) is 5.82 Å². The van der Waals surface area contributed by atoms with Gasteiger partial charge in [-0.3, -0.25) is 0 Å². The Morgan fingerprint density at radius 1 is 1.39 bits per heavy atom. The predicted molar refractivity (Wildman–Crippen MR) is 74.7 cm³/mol. The molecule has 2 rings (SSSR count). The van der Waals surface area contributed by atoms with E-state index in [1.165, 1.54) is 0 Å². The number of imidazole rings is 1. The van der Waals surface area contributed by atoms with Gasteiger partial charge in [0.2, 0.25) is 0 Å². The number of thioether (sulfide) groups is 1. The molecular formula is C14H18N2OS. The molecule has 1 aromatic heterocycles. The van der Waals surface area contributed by atoms with Gasteiger partial charge in [-0.05, 0) is 24.3 Å². The van der Waals surface area contributed by atoms with Crippen molar-refractivity contribution in [1.29, 1.82) is 0 Å². The Morgan fingerprint density at radius 3 is 2.83 bits per heavy atom. The van der Waals surface area contributed by atoms with Gasteiger partial charge in [0, 0.05) is 30.8 Å². The predicted octanol–water partition coefficient (Wildman–Crippen LogP) is 2.81. The fraction of sp³-hybridized carbons (Fsp3) is 0.357. The van der Waals surface area contributed by atoms with E-state index in [-0.39, 0.29) is 0 Å². The van der Waals surface area contributed by atoms with Crippen molar-refractivity contribution in [2.45, 2.75) is 23.8 Å². The molecule has 0 radical (unpaired) electrons. The van der Waals surface area contributed by atoms with E-state index in [9.17, 15) is 5.11 Å². The van der Waals surface area contributed by atoms with Crippen molar-refractivity contribution >= 4 is 11.8 Å². The van der Waals surface area contributed by atoms with Gasteiger partial charge < -0.3 is 9.67 Å². The largest absolute Gasteiger partial charge is 0.388 e. The van der Waals surface area contributed by atoms with Gasteiger partial charge >= 0.3 is 0 Å². The molecule has 0 saturated heterocycles. The summed E-state index contributed by atoms with van der Waals surface area (Å²) >= 11 is 1.67. The molecule has 4 heteroatoms. The number of aromatic nitrogens is 2. The van der Waals surface area contributed by atoms with E-state index >= 15 is 0 Å². The molecule has 2 aromatic rings. The molecule has 96 valence electrons. The average Bonchev–Trinajstić information content (AvgIpc) is 2.81. The molecule has 1 unspecified atom stereocenters. The second kappa shape index (κ2) is 6.07. The Kier molecular flexibility index (Phi) is 4.44. The van der Waals surface area contributed by atoms with Gasteiger partial charge in [0.25, 0.3) is 0 Å². The fourth-order valence-corrected chi connectivity index (χ4v) is 2.65. The maximum Gasteiger partial charge on any atom is 0.108 e. The van der Waals surface area contributed by atoms with Crippen LogP contribution in [0.4, 0.5) is 0 Å². The molecule has 18 heavy (non-hydrogen) atoms. The zero-order valence-corrected chi connectivity index (χ0v) is 11.5. The average molecular weight is 262 g/mol. The fourth-order valence-electron chi connectivity index (χ4n) is 2.00. The Morgan fingerprint density at radius 2 is 2.17 bits per heavy atom. The monoisotopic (exact) mass is 262 g/mol. The van der Waals surface area contributed by atoms with Gasteiger partial charge in [-0.1, -0.05) is 18.2 Å². The van der Waals surface area contributed by atoms with Crippen molar-refractivity contribution in [2.75, 3.05) is 6.26 Å². The number of aliphatic hydroxyl groups is 1. The summed E-state index contributed by atoms with van der Waals surface area (Å²) in [4.78, 5) is 5.41. The van der Waals surface area contributed by atoms with Crippen molar-refractivity contribution in [3.05, 3.63) is 48.0 Å². The summed E-state index contributed by atoms with van der Waals surface area (Å²) in [5.41, 5.74) is 1.01. The Balaban J connectivity index is 2.03. The molecule has 0 aliphatic carbocycles. The third-order valence-electron chi connectivity index (χ3n) is 3.06. The van der Waals surface area contributed by atoms with Crippen LogP contribution in [0, 0.1) is 0 Å². The summed E-state index contributed by atoms with van der Waals surface area (Å²) in [6, 6.07) is 8.01. The minimum atomic E-state index is -0.426. The first-order chi connectivity index (χ1) is 8.72. The summed E-state index contributed by atoms with van der Waals surface area (Å²) in [5, 5.41) is 10.3. The highest BCUT2D eigenvalue weighted by Crippen LogP contribution is 2.28. The minimum Gasteiger partial charge on any atom is -0.388 e. The molecule has 1 atom stereocenters. The summed E-state index contributed by atoms with van der Waals surface area (Å²) in [5.74, 6) is 1.01. The normalized spacial score (nSPS) is 12.6. The Bertz CT molecular complexity index is 510. The number of nitrogens with zero attached hydrogens (tertiary/aromatic N) is 2. The second-order valence-electron chi connectivity index (χ2n) is 4.25. The lowest BCUT2D eigenvalue weighted by molar-refractivity contribution is 0.164. The maximum atomic E-state index is 10.3. The third-order valence-corrected chi connectivity index (χ3v) is 3.87. The first-order valence-corrected chi connectivity index (χ1v) is 7.22. The van der Waals surface area contributed by atoms with Crippen LogP contribution in [-0.2, 0) is 13.5 Å². The molecule has 0 aliphatic heterocycles. The zero-order chi connectivity index (χ0) is 13.0. The zero-order valence-electron chi connectivity index (χ0n) is 10.7. The van der Waals surface area contributed by atoms with Crippen LogP contribution in [-0.4, -0.2) is 20.9 Å². The number of hydrogen-bond donors (Lipinski definition) is 1. The van der Waals surface area contributed by atoms with Crippen LogP contribution in [0.25, 0.3) is 0 Å². The highest BCUT2D eigenvalue weighted by molar-refractivity contribution is 7.98. The highest BCUT2D eigenvalue weighted by Gasteiger charge is 2.12. The molecule has 0 spiro atoms. The molecule has 0 amide bonds. The van der Waals surface area contributed by atoms with Gasteiger partial charge in [0.05, 0.1) is 6.10 Å². The molecule has 0 bridgehead atoms. The first-order valence-electron chi connectivity index (χ1n) is 5.99. The van der Waals surface area contributed by atoms with Gasteiger partial charge in [-0.15, -0.1) is 11.8 Å². The van der Waals surface area contributed by atoms with Crippen LogP contribution in [0.3, 0.4) is 0 Å². The minimum absolute atomic E-state index is 0.426. The van der Waals surface area contributed by atoms with Crippen LogP contribution >= 0.6 is 11.8 Å². The van der Waals surface area contributed by atoms with E-state index in [1.807, 2.05) is 48.3 Å². The molecule has 1 aromatic carbocycles. The molecule has 0 saturated carbocycles. The standard InChI is InChI=1S/C14H18N2OS/c1-16-10-9-15-14(16)8-7-12(17)11-5-3-4-6-13(11)18-2/h3-6,9-10,12,17H,7-8H2,1-2H3. The smallest absolute Gasteiger partial charge is 0.108 e. The summed E-state index contributed by atoms with van der Waals surface area (Å²) in [6.07, 6.45) is 6.81. The maximum absolute atomic E-state index is 10.3. The van der Waals surface area contributed by atoms with Crippen molar-refractivity contribution in [3.63, 3.8) is 0 Å². The molecule has 0 fully saturated rings. The summed E-state index contributed by atoms with van der Waals surface area (Å²) in [6.45, 7) is 0. The molecule has 1 N–H and O–H groups in total. The molecule has 3 nitrogen and oxygen atoms in total. The number of rotatable bonds is 5. The summed E-state index contributed by atoms with van der Waals surface area (Å²) in [7, 11) is 1.98. The topological polar surface area (TPSA) is 38.1 Å². The highest BCUT2D eigenvalue weighted by atomic mass is 32.2. The van der Waals surface area contributed by atoms with Crippen molar-refractivity contribution in [3.8, 4) is 0 Å². The van der Waals surface area contributed by atoms with Crippen LogP contribution in [0.5, 0.6) is 0 Å². The van der Waals surface area contributed by atoms with E-state index in [1.54, 1.807) is 18.0 Å². The van der Waals surface area contributed by atoms with Crippen LogP contribution < -0.4 is 0 Å². The summed E-state index contributed by atoms with van der Waals surface area (Å²) < 4.78 is 1.99. The second-order valence-corrected chi connectivity index (χ2v) is 5.10. The number of hydrogen-bond acceptors (Lipinski definition) is 3. The Hall–Kier alpha value is -1.26. The quantitative estimate of drug-likeness (QED) is 0.842. The van der Waals surface area contributed by atoms with Crippen molar-refractivity contribution < 1.29 is 5.11 Å². The van der Waals surface area contributed by atoms with E-state index < -0.39 is 6.10 Å². The van der Waals surface area contributed by atoms with E-state index in [2.05, 4.69) is 4.98 Å².